The molecule has 1 N–H and O–H groups in total. The molecule has 1 aromatic rings. The zero-order chi connectivity index (χ0) is 12.5. The Morgan fingerprint density at radius 1 is 1.59 bits per heavy atom. The molecule has 1 fully saturated rings. The second kappa shape index (κ2) is 5.11. The zero-order valence-electron chi connectivity index (χ0n) is 10.3. The molecule has 2 rings (SSSR count). The lowest BCUT2D eigenvalue weighted by atomic mass is 9.75. The number of carbonyl (C=O) groups excluding carboxylic acids is 1. The normalized spacial score (nSPS) is 23.4. The van der Waals surface area contributed by atoms with Crippen LogP contribution in [0.4, 0.5) is 0 Å². The Morgan fingerprint density at radius 2 is 2.35 bits per heavy atom. The van der Waals surface area contributed by atoms with Crippen LogP contribution in [0.25, 0.3) is 0 Å². The number of nitrogens with one attached hydrogen (secondary N) is 1. The van der Waals surface area contributed by atoms with Gasteiger partial charge in [0.05, 0.1) is 0 Å². The summed E-state index contributed by atoms with van der Waals surface area (Å²) in [5.41, 5.74) is 0.364. The van der Waals surface area contributed by atoms with E-state index < -0.39 is 0 Å². The van der Waals surface area contributed by atoms with Crippen LogP contribution < -0.4 is 5.32 Å². The zero-order valence-corrected chi connectivity index (χ0v) is 12.7. The lowest BCUT2D eigenvalue weighted by Gasteiger charge is -2.35. The highest BCUT2D eigenvalue weighted by Crippen LogP contribution is 2.35. The van der Waals surface area contributed by atoms with Crippen molar-refractivity contribution in [1.82, 2.24) is 5.32 Å². The first-order chi connectivity index (χ1) is 7.98. The van der Waals surface area contributed by atoms with Gasteiger partial charge in [-0.25, -0.2) is 0 Å². The summed E-state index contributed by atoms with van der Waals surface area (Å²) in [6.45, 7) is 4.57. The van der Waals surface area contributed by atoms with E-state index in [9.17, 15) is 4.79 Å². The second-order valence-electron chi connectivity index (χ2n) is 5.53. The fourth-order valence-corrected chi connectivity index (χ4v) is 3.98. The molecule has 1 unspecified atom stereocenters. The molecule has 1 saturated carbocycles. The summed E-state index contributed by atoms with van der Waals surface area (Å²) >= 11 is 4.89. The number of hydrogen-bond donors (Lipinski definition) is 1. The summed E-state index contributed by atoms with van der Waals surface area (Å²) in [5, 5.41) is 5.09. The van der Waals surface area contributed by atoms with Gasteiger partial charge in [-0.2, -0.15) is 0 Å². The van der Waals surface area contributed by atoms with Crippen LogP contribution in [0.5, 0.6) is 0 Å². The standard InChI is InChI=1S/C13H18BrNOS/c1-13(2)6-3-4-9(8-13)15-12(16)11-10(14)5-7-17-11/h5,7,9H,3-4,6,8H2,1-2H3,(H,15,16). The summed E-state index contributed by atoms with van der Waals surface area (Å²) in [7, 11) is 0. The van der Waals surface area contributed by atoms with Gasteiger partial charge in [0, 0.05) is 10.5 Å². The molecule has 0 radical (unpaired) electrons. The van der Waals surface area contributed by atoms with Crippen LogP contribution in [-0.4, -0.2) is 11.9 Å². The van der Waals surface area contributed by atoms with E-state index in [1.807, 2.05) is 11.4 Å². The van der Waals surface area contributed by atoms with Crippen LogP contribution in [0, 0.1) is 5.41 Å². The molecule has 0 aromatic carbocycles. The Morgan fingerprint density at radius 3 is 2.94 bits per heavy atom. The monoisotopic (exact) mass is 315 g/mol. The molecule has 0 spiro atoms. The van der Waals surface area contributed by atoms with Gasteiger partial charge < -0.3 is 5.32 Å². The topological polar surface area (TPSA) is 29.1 Å². The number of halogens is 1. The minimum atomic E-state index is 0.0644. The fourth-order valence-electron chi connectivity index (χ4n) is 2.53. The number of rotatable bonds is 2. The Labute approximate surface area is 115 Å². The maximum absolute atomic E-state index is 12.1. The van der Waals surface area contributed by atoms with Gasteiger partial charge in [0.2, 0.25) is 0 Å². The molecular formula is C13H18BrNOS. The molecule has 0 saturated heterocycles. The van der Waals surface area contributed by atoms with Gasteiger partial charge in [0.1, 0.15) is 4.88 Å². The molecule has 1 aliphatic carbocycles. The van der Waals surface area contributed by atoms with Gasteiger partial charge in [-0.1, -0.05) is 20.3 Å². The van der Waals surface area contributed by atoms with Crippen LogP contribution in [-0.2, 0) is 0 Å². The third-order valence-electron chi connectivity index (χ3n) is 3.36. The van der Waals surface area contributed by atoms with E-state index in [0.29, 0.717) is 11.5 Å². The highest BCUT2D eigenvalue weighted by molar-refractivity contribution is 9.10. The largest absolute Gasteiger partial charge is 0.349 e. The molecule has 2 nitrogen and oxygen atoms in total. The third kappa shape index (κ3) is 3.32. The first-order valence-electron chi connectivity index (χ1n) is 6.02. The van der Waals surface area contributed by atoms with E-state index in [2.05, 4.69) is 35.1 Å². The minimum absolute atomic E-state index is 0.0644. The van der Waals surface area contributed by atoms with Crippen molar-refractivity contribution in [2.75, 3.05) is 0 Å². The van der Waals surface area contributed by atoms with E-state index in [0.717, 1.165) is 22.2 Å². The third-order valence-corrected chi connectivity index (χ3v) is 5.20. The molecule has 1 aliphatic rings. The summed E-state index contributed by atoms with van der Waals surface area (Å²) in [4.78, 5) is 12.9. The first-order valence-corrected chi connectivity index (χ1v) is 7.69. The molecule has 1 atom stereocenters. The molecule has 0 aliphatic heterocycles. The number of thiophene rings is 1. The van der Waals surface area contributed by atoms with Crippen molar-refractivity contribution < 1.29 is 4.79 Å². The van der Waals surface area contributed by atoms with Crippen molar-refractivity contribution in [1.29, 1.82) is 0 Å². The van der Waals surface area contributed by atoms with Crippen LogP contribution >= 0.6 is 27.3 Å². The van der Waals surface area contributed by atoms with Gasteiger partial charge in [-0.15, -0.1) is 11.3 Å². The lowest BCUT2D eigenvalue weighted by Crippen LogP contribution is -2.40. The lowest BCUT2D eigenvalue weighted by molar-refractivity contribution is 0.0906. The SMILES string of the molecule is CC1(C)CCCC(NC(=O)c2sccc2Br)C1. The van der Waals surface area contributed by atoms with E-state index >= 15 is 0 Å². The maximum atomic E-state index is 12.1. The van der Waals surface area contributed by atoms with E-state index in [1.165, 1.54) is 24.2 Å². The average molecular weight is 316 g/mol. The number of amides is 1. The molecule has 94 valence electrons. The summed E-state index contributed by atoms with van der Waals surface area (Å²) in [6, 6.07) is 2.25. The van der Waals surface area contributed by atoms with E-state index in [1.54, 1.807) is 0 Å². The van der Waals surface area contributed by atoms with Gasteiger partial charge in [-0.3, -0.25) is 4.79 Å². The Kier molecular flexibility index (Phi) is 3.93. The van der Waals surface area contributed by atoms with Crippen molar-refractivity contribution in [3.63, 3.8) is 0 Å². The molecule has 17 heavy (non-hydrogen) atoms. The van der Waals surface area contributed by atoms with Gasteiger partial charge in [-0.05, 0) is 52.1 Å². The van der Waals surface area contributed by atoms with Crippen molar-refractivity contribution in [3.05, 3.63) is 20.8 Å². The van der Waals surface area contributed by atoms with Crippen LogP contribution in [0.3, 0.4) is 0 Å². The molecule has 1 heterocycles. The molecule has 1 amide bonds. The Bertz CT molecular complexity index is 413. The highest BCUT2D eigenvalue weighted by Gasteiger charge is 2.29. The number of carbonyl (C=O) groups is 1. The van der Waals surface area contributed by atoms with Crippen molar-refractivity contribution >= 4 is 33.2 Å². The summed E-state index contributed by atoms with van der Waals surface area (Å²) in [5.74, 6) is 0.0644. The average Bonchev–Trinajstić information content (AvgIpc) is 2.62. The molecule has 4 heteroatoms. The van der Waals surface area contributed by atoms with Gasteiger partial charge in [0.15, 0.2) is 0 Å². The molecule has 0 bridgehead atoms. The van der Waals surface area contributed by atoms with Crippen molar-refractivity contribution in [2.24, 2.45) is 5.41 Å². The quantitative estimate of drug-likeness (QED) is 0.870. The Balaban J connectivity index is 1.98. The smallest absolute Gasteiger partial charge is 0.262 e. The minimum Gasteiger partial charge on any atom is -0.349 e. The maximum Gasteiger partial charge on any atom is 0.262 e. The molecule has 1 aromatic heterocycles. The van der Waals surface area contributed by atoms with Crippen molar-refractivity contribution in [3.8, 4) is 0 Å². The van der Waals surface area contributed by atoms with Gasteiger partial charge in [0.25, 0.3) is 5.91 Å². The second-order valence-corrected chi connectivity index (χ2v) is 7.30. The molecular weight excluding hydrogens is 298 g/mol. The van der Waals surface area contributed by atoms with Crippen LogP contribution in [0.15, 0.2) is 15.9 Å². The van der Waals surface area contributed by atoms with Gasteiger partial charge >= 0.3 is 0 Å². The van der Waals surface area contributed by atoms with Crippen LogP contribution in [0.2, 0.25) is 0 Å². The van der Waals surface area contributed by atoms with E-state index in [-0.39, 0.29) is 5.91 Å². The highest BCUT2D eigenvalue weighted by atomic mass is 79.9. The Hall–Kier alpha value is -0.350. The van der Waals surface area contributed by atoms with Crippen molar-refractivity contribution in [2.45, 2.75) is 45.6 Å². The van der Waals surface area contributed by atoms with Crippen LogP contribution in [0.1, 0.15) is 49.2 Å². The summed E-state index contributed by atoms with van der Waals surface area (Å²) < 4.78 is 0.898. The first kappa shape index (κ1) is 13.1. The predicted molar refractivity (Wildman–Crippen MR) is 75.5 cm³/mol. The fraction of sp³-hybridized carbons (Fsp3) is 0.615. The predicted octanol–water partition coefficient (Wildman–Crippen LogP) is 4.21. The number of hydrogen-bond acceptors (Lipinski definition) is 2. The van der Waals surface area contributed by atoms with E-state index in [4.69, 9.17) is 0 Å². The summed E-state index contributed by atoms with van der Waals surface area (Å²) in [6.07, 6.45) is 4.67.